The molecule has 1 N–H and O–H groups in total. The van der Waals surface area contributed by atoms with Crippen LogP contribution in [0.2, 0.25) is 0 Å². The van der Waals surface area contributed by atoms with Crippen molar-refractivity contribution < 1.29 is 0 Å². The van der Waals surface area contributed by atoms with E-state index < -0.39 is 0 Å². The third kappa shape index (κ3) is 2.71. The monoisotopic (exact) mass is 302 g/mol. The van der Waals surface area contributed by atoms with Crippen molar-refractivity contribution >= 4 is 11.0 Å². The maximum absolute atomic E-state index is 12.0. The van der Waals surface area contributed by atoms with Gasteiger partial charge < -0.3 is 5.32 Å². The molecule has 3 rings (SSSR count). The summed E-state index contributed by atoms with van der Waals surface area (Å²) < 4.78 is 3.42. The van der Waals surface area contributed by atoms with Gasteiger partial charge in [0.2, 0.25) is 0 Å². The van der Waals surface area contributed by atoms with E-state index in [0.29, 0.717) is 6.04 Å². The van der Waals surface area contributed by atoms with Gasteiger partial charge in [-0.25, -0.2) is 4.79 Å². The Balaban J connectivity index is 1.67. The Morgan fingerprint density at radius 3 is 2.77 bits per heavy atom. The Kier molecular flexibility index (Phi) is 4.36. The molecule has 0 bridgehead atoms. The molecular weight excluding hydrogens is 276 g/mol. The first-order chi connectivity index (χ1) is 10.6. The summed E-state index contributed by atoms with van der Waals surface area (Å²) in [5, 5.41) is 3.58. The quantitative estimate of drug-likeness (QED) is 0.909. The highest BCUT2D eigenvalue weighted by atomic mass is 16.1. The van der Waals surface area contributed by atoms with Crippen LogP contribution in [0.3, 0.4) is 0 Å². The lowest BCUT2D eigenvalue weighted by Gasteiger charge is -2.23. The van der Waals surface area contributed by atoms with Gasteiger partial charge in [-0.15, -0.1) is 0 Å². The summed E-state index contributed by atoms with van der Waals surface area (Å²) in [5.41, 5.74) is 3.26. The van der Waals surface area contributed by atoms with E-state index in [1.165, 1.54) is 24.9 Å². The molecule has 0 amide bonds. The number of imidazole rings is 1. The lowest BCUT2D eigenvalue weighted by molar-refractivity contribution is 0.260. The van der Waals surface area contributed by atoms with E-state index in [9.17, 15) is 4.79 Å². The number of nitrogens with one attached hydrogen (secondary N) is 1. The Labute approximate surface area is 131 Å². The van der Waals surface area contributed by atoms with Crippen LogP contribution >= 0.6 is 0 Å². The summed E-state index contributed by atoms with van der Waals surface area (Å²) in [6, 6.07) is 6.95. The zero-order valence-electron chi connectivity index (χ0n) is 13.8. The summed E-state index contributed by atoms with van der Waals surface area (Å²) in [5.74, 6) is 0. The van der Waals surface area contributed by atoms with Crippen molar-refractivity contribution in [3.8, 4) is 0 Å². The zero-order chi connectivity index (χ0) is 15.7. The number of hydrogen-bond acceptors (Lipinski definition) is 3. The second-order valence-electron chi connectivity index (χ2n) is 6.28. The van der Waals surface area contributed by atoms with Crippen molar-refractivity contribution in [2.24, 2.45) is 14.1 Å². The van der Waals surface area contributed by atoms with Crippen molar-refractivity contribution in [2.75, 3.05) is 19.6 Å². The molecule has 22 heavy (non-hydrogen) atoms. The van der Waals surface area contributed by atoms with E-state index in [1.807, 2.05) is 20.2 Å². The molecular formula is C17H26N4O. The molecule has 2 aromatic rings. The van der Waals surface area contributed by atoms with Crippen molar-refractivity contribution in [1.29, 1.82) is 0 Å². The largest absolute Gasteiger partial charge is 0.328 e. The van der Waals surface area contributed by atoms with E-state index in [2.05, 4.69) is 29.3 Å². The molecule has 0 aliphatic carbocycles. The van der Waals surface area contributed by atoms with E-state index in [4.69, 9.17) is 0 Å². The highest BCUT2D eigenvalue weighted by Gasteiger charge is 2.22. The Bertz CT molecular complexity index is 715. The van der Waals surface area contributed by atoms with Crippen LogP contribution in [0.25, 0.3) is 11.0 Å². The van der Waals surface area contributed by atoms with Gasteiger partial charge in [0.05, 0.1) is 11.0 Å². The number of likely N-dealkylation sites (tertiary alicyclic amines) is 1. The second kappa shape index (κ2) is 6.26. The van der Waals surface area contributed by atoms with Gasteiger partial charge in [0.15, 0.2) is 0 Å². The van der Waals surface area contributed by atoms with Crippen molar-refractivity contribution in [3.63, 3.8) is 0 Å². The minimum Gasteiger partial charge on any atom is -0.311 e. The van der Waals surface area contributed by atoms with Crippen LogP contribution < -0.4 is 11.0 Å². The molecule has 5 nitrogen and oxygen atoms in total. The van der Waals surface area contributed by atoms with Gasteiger partial charge >= 0.3 is 5.69 Å². The predicted octanol–water partition coefficient (Wildman–Crippen LogP) is 1.45. The first kappa shape index (κ1) is 15.3. The minimum absolute atomic E-state index is 0.0321. The van der Waals surface area contributed by atoms with Crippen LogP contribution in [0.4, 0.5) is 0 Å². The molecule has 0 spiro atoms. The number of benzene rings is 1. The Morgan fingerprint density at radius 1 is 1.23 bits per heavy atom. The van der Waals surface area contributed by atoms with E-state index >= 15 is 0 Å². The van der Waals surface area contributed by atoms with Crippen molar-refractivity contribution in [2.45, 2.75) is 32.4 Å². The lowest BCUT2D eigenvalue weighted by Crippen LogP contribution is -2.37. The van der Waals surface area contributed by atoms with Crippen molar-refractivity contribution in [3.05, 3.63) is 34.2 Å². The Morgan fingerprint density at radius 2 is 2.00 bits per heavy atom. The molecule has 0 radical (unpaired) electrons. The molecule has 1 fully saturated rings. The Hall–Kier alpha value is -1.59. The van der Waals surface area contributed by atoms with Crippen LogP contribution in [-0.2, 0) is 20.6 Å². The van der Waals surface area contributed by atoms with E-state index in [0.717, 1.165) is 30.7 Å². The highest BCUT2D eigenvalue weighted by molar-refractivity contribution is 5.76. The molecule has 2 heterocycles. The van der Waals surface area contributed by atoms with E-state index in [1.54, 1.807) is 9.13 Å². The van der Waals surface area contributed by atoms with Gasteiger partial charge in [0.1, 0.15) is 0 Å². The van der Waals surface area contributed by atoms with Gasteiger partial charge in [-0.05, 0) is 43.6 Å². The average molecular weight is 302 g/mol. The van der Waals surface area contributed by atoms with Crippen LogP contribution in [0, 0.1) is 0 Å². The summed E-state index contributed by atoms with van der Waals surface area (Å²) in [7, 11) is 3.65. The molecule has 1 aromatic carbocycles. The smallest absolute Gasteiger partial charge is 0.311 e. The molecule has 5 heteroatoms. The predicted molar refractivity (Wildman–Crippen MR) is 90.1 cm³/mol. The minimum atomic E-state index is 0.0321. The number of rotatable bonds is 5. The van der Waals surface area contributed by atoms with Crippen LogP contribution in [0.5, 0.6) is 0 Å². The third-order valence-corrected chi connectivity index (χ3v) is 4.95. The van der Waals surface area contributed by atoms with Gasteiger partial charge in [0.25, 0.3) is 0 Å². The average Bonchev–Trinajstić information content (AvgIpc) is 3.07. The SMILES string of the molecule is CCN1CCCC1CNCc1ccc2c(c1)n(C)c(=O)n2C. The summed E-state index contributed by atoms with van der Waals surface area (Å²) in [4.78, 5) is 14.5. The van der Waals surface area contributed by atoms with Crippen molar-refractivity contribution in [1.82, 2.24) is 19.4 Å². The molecule has 1 aromatic heterocycles. The molecule has 1 saturated heterocycles. The number of aromatic nitrogens is 2. The van der Waals surface area contributed by atoms with E-state index in [-0.39, 0.29) is 5.69 Å². The molecule has 120 valence electrons. The highest BCUT2D eigenvalue weighted by Crippen LogP contribution is 2.16. The molecule has 0 saturated carbocycles. The van der Waals surface area contributed by atoms with Crippen LogP contribution in [0.15, 0.2) is 23.0 Å². The summed E-state index contributed by atoms with van der Waals surface area (Å²) in [6.07, 6.45) is 2.62. The van der Waals surface area contributed by atoms with Gasteiger partial charge in [-0.2, -0.15) is 0 Å². The fourth-order valence-electron chi connectivity index (χ4n) is 3.59. The fourth-order valence-corrected chi connectivity index (χ4v) is 3.59. The molecule has 1 aliphatic heterocycles. The van der Waals surface area contributed by atoms with Crippen LogP contribution in [0.1, 0.15) is 25.3 Å². The number of nitrogens with zero attached hydrogens (tertiary/aromatic N) is 3. The first-order valence-corrected chi connectivity index (χ1v) is 8.21. The number of aryl methyl sites for hydroxylation is 2. The molecule has 1 unspecified atom stereocenters. The van der Waals surface area contributed by atoms with Gasteiger partial charge in [0, 0.05) is 33.2 Å². The topological polar surface area (TPSA) is 42.2 Å². The molecule has 1 atom stereocenters. The summed E-state index contributed by atoms with van der Waals surface area (Å²) in [6.45, 7) is 6.51. The third-order valence-electron chi connectivity index (χ3n) is 4.95. The first-order valence-electron chi connectivity index (χ1n) is 8.21. The number of fused-ring (bicyclic) bond motifs is 1. The lowest BCUT2D eigenvalue weighted by atomic mass is 10.1. The zero-order valence-corrected chi connectivity index (χ0v) is 13.8. The maximum atomic E-state index is 12.0. The van der Waals surface area contributed by atoms with Gasteiger partial charge in [-0.3, -0.25) is 14.0 Å². The fraction of sp³-hybridized carbons (Fsp3) is 0.588. The standard InChI is InChI=1S/C17H26N4O/c1-4-21-9-5-6-14(21)12-18-11-13-7-8-15-16(10-13)20(3)17(22)19(15)2/h7-8,10,14,18H,4-6,9,11-12H2,1-3H3. The second-order valence-corrected chi connectivity index (χ2v) is 6.28. The number of likely N-dealkylation sites (N-methyl/N-ethyl adjacent to an activating group) is 1. The maximum Gasteiger partial charge on any atom is 0.328 e. The normalized spacial score (nSPS) is 19.3. The van der Waals surface area contributed by atoms with Crippen LogP contribution in [-0.4, -0.2) is 39.7 Å². The number of hydrogen-bond donors (Lipinski definition) is 1. The summed E-state index contributed by atoms with van der Waals surface area (Å²) >= 11 is 0. The molecule has 1 aliphatic rings. The van der Waals surface area contributed by atoms with Gasteiger partial charge in [-0.1, -0.05) is 13.0 Å².